The van der Waals surface area contributed by atoms with E-state index in [1.807, 2.05) is 0 Å². The molecular formula is C9H12N4O4. The predicted molar refractivity (Wildman–Crippen MR) is 56.8 cm³/mol. The maximum Gasteiger partial charge on any atom is 0.323 e. The molecule has 0 aliphatic carbocycles. The summed E-state index contributed by atoms with van der Waals surface area (Å²) < 4.78 is 0. The molecule has 0 radical (unpaired) electrons. The zero-order valence-electron chi connectivity index (χ0n) is 9.41. The molecule has 0 aromatic carbocycles. The fourth-order valence-corrected chi connectivity index (χ4v) is 1.10. The molecule has 0 aliphatic heterocycles. The molecule has 0 spiro atoms. The van der Waals surface area contributed by atoms with Gasteiger partial charge in [0.05, 0.1) is 11.4 Å². The summed E-state index contributed by atoms with van der Waals surface area (Å²) in [5, 5.41) is 24.8. The zero-order valence-corrected chi connectivity index (χ0v) is 9.41. The summed E-state index contributed by atoms with van der Waals surface area (Å²) in [4.78, 5) is 26.2. The van der Waals surface area contributed by atoms with E-state index >= 15 is 0 Å². The lowest BCUT2D eigenvalue weighted by Gasteiger charge is -2.17. The quantitative estimate of drug-likeness (QED) is 0.705. The number of nitrogens with zero attached hydrogens (tertiary/aromatic N) is 4. The second-order valence-electron chi connectivity index (χ2n) is 3.43. The van der Waals surface area contributed by atoms with Crippen LogP contribution in [0.15, 0.2) is 0 Å². The third-order valence-corrected chi connectivity index (χ3v) is 2.02. The molecule has 1 rings (SSSR count). The fourth-order valence-electron chi connectivity index (χ4n) is 1.10. The van der Waals surface area contributed by atoms with E-state index in [1.165, 1.54) is 0 Å². The average molecular weight is 240 g/mol. The minimum absolute atomic E-state index is 0.00194. The second-order valence-corrected chi connectivity index (χ2v) is 3.43. The largest absolute Gasteiger partial charge is 0.480 e. The maximum atomic E-state index is 10.6. The van der Waals surface area contributed by atoms with Crippen LogP contribution in [0.1, 0.15) is 11.4 Å². The van der Waals surface area contributed by atoms with Crippen molar-refractivity contribution in [2.24, 2.45) is 0 Å². The number of hydrogen-bond donors (Lipinski definition) is 2. The van der Waals surface area contributed by atoms with Crippen molar-refractivity contribution in [1.82, 2.24) is 15.2 Å². The van der Waals surface area contributed by atoms with E-state index < -0.39 is 25.0 Å². The third kappa shape index (κ3) is 3.67. The molecule has 1 aromatic heterocycles. The van der Waals surface area contributed by atoms with Gasteiger partial charge in [0, 0.05) is 0 Å². The lowest BCUT2D eigenvalue weighted by molar-refractivity contribution is -0.136. The summed E-state index contributed by atoms with van der Waals surface area (Å²) in [5.41, 5.74) is 1.19. The van der Waals surface area contributed by atoms with Crippen LogP contribution >= 0.6 is 0 Å². The lowest BCUT2D eigenvalue weighted by Crippen LogP contribution is -2.36. The van der Waals surface area contributed by atoms with E-state index in [0.717, 1.165) is 4.90 Å². The van der Waals surface area contributed by atoms with Gasteiger partial charge in [-0.2, -0.15) is 5.10 Å². The molecule has 8 heteroatoms. The van der Waals surface area contributed by atoms with Crippen LogP contribution in [0.2, 0.25) is 0 Å². The topological polar surface area (TPSA) is 117 Å². The smallest absolute Gasteiger partial charge is 0.323 e. The lowest BCUT2D eigenvalue weighted by atomic mass is 10.4. The highest BCUT2D eigenvalue weighted by Gasteiger charge is 2.17. The number of anilines is 1. The van der Waals surface area contributed by atoms with Crippen LogP contribution in [0.5, 0.6) is 0 Å². The Morgan fingerprint density at radius 3 is 2.00 bits per heavy atom. The van der Waals surface area contributed by atoms with Crippen molar-refractivity contribution in [2.45, 2.75) is 13.8 Å². The van der Waals surface area contributed by atoms with Crippen molar-refractivity contribution >= 4 is 17.9 Å². The first-order chi connectivity index (χ1) is 7.90. The fraction of sp³-hybridized carbons (Fsp3) is 0.444. The van der Waals surface area contributed by atoms with Gasteiger partial charge in [0.15, 0.2) is 0 Å². The van der Waals surface area contributed by atoms with Crippen LogP contribution in [-0.2, 0) is 9.59 Å². The number of aliphatic carboxylic acids is 2. The average Bonchev–Trinajstić information content (AvgIpc) is 2.19. The Morgan fingerprint density at radius 1 is 1.06 bits per heavy atom. The Labute approximate surface area is 96.9 Å². The maximum absolute atomic E-state index is 10.6. The number of rotatable bonds is 5. The van der Waals surface area contributed by atoms with E-state index in [0.29, 0.717) is 11.4 Å². The Balaban J connectivity index is 2.98. The summed E-state index contributed by atoms with van der Waals surface area (Å²) in [6.07, 6.45) is 0. The van der Waals surface area contributed by atoms with E-state index in [9.17, 15) is 9.59 Å². The third-order valence-electron chi connectivity index (χ3n) is 2.02. The van der Waals surface area contributed by atoms with Gasteiger partial charge in [0.25, 0.3) is 0 Å². The van der Waals surface area contributed by atoms with Gasteiger partial charge in [-0.05, 0) is 13.8 Å². The number of carbonyl (C=O) groups is 2. The zero-order chi connectivity index (χ0) is 13.0. The van der Waals surface area contributed by atoms with Crippen molar-refractivity contribution in [3.05, 3.63) is 11.4 Å². The van der Waals surface area contributed by atoms with Gasteiger partial charge >= 0.3 is 11.9 Å². The Kier molecular flexibility index (Phi) is 3.91. The highest BCUT2D eigenvalue weighted by Crippen LogP contribution is 2.07. The van der Waals surface area contributed by atoms with E-state index in [4.69, 9.17) is 10.2 Å². The predicted octanol–water partition coefficient (Wildman–Crippen LogP) is -0.536. The number of aromatic nitrogens is 3. The van der Waals surface area contributed by atoms with Crippen LogP contribution in [0.3, 0.4) is 0 Å². The standard InChI is InChI=1S/C9H12N4O4/c1-5-6(2)11-12-9(10-5)13(3-7(14)15)4-8(16)17/h3-4H2,1-2H3,(H,14,15)(H,16,17). The molecule has 0 amide bonds. The molecule has 8 nitrogen and oxygen atoms in total. The normalized spacial score (nSPS) is 10.0. The summed E-state index contributed by atoms with van der Waals surface area (Å²) in [6.45, 7) is 2.41. The summed E-state index contributed by atoms with van der Waals surface area (Å²) in [6, 6.07) is 0. The Bertz CT molecular complexity index is 433. The first kappa shape index (κ1) is 12.8. The van der Waals surface area contributed by atoms with Gasteiger partial charge in [-0.3, -0.25) is 9.59 Å². The monoisotopic (exact) mass is 240 g/mol. The summed E-state index contributed by atoms with van der Waals surface area (Å²) >= 11 is 0. The number of carboxylic acids is 2. The van der Waals surface area contributed by atoms with Gasteiger partial charge < -0.3 is 15.1 Å². The van der Waals surface area contributed by atoms with Gasteiger partial charge in [0.2, 0.25) is 5.95 Å². The first-order valence-corrected chi connectivity index (χ1v) is 4.76. The van der Waals surface area contributed by atoms with Gasteiger partial charge in [0.1, 0.15) is 13.1 Å². The van der Waals surface area contributed by atoms with Gasteiger partial charge in [-0.1, -0.05) is 0 Å². The minimum Gasteiger partial charge on any atom is -0.480 e. The van der Waals surface area contributed by atoms with E-state index in [-0.39, 0.29) is 5.95 Å². The molecule has 0 fully saturated rings. The Hall–Kier alpha value is -2.25. The van der Waals surface area contributed by atoms with Gasteiger partial charge in [-0.25, -0.2) is 4.98 Å². The molecule has 0 saturated heterocycles. The highest BCUT2D eigenvalue weighted by atomic mass is 16.4. The minimum atomic E-state index is -1.16. The number of aryl methyl sites for hydroxylation is 2. The molecule has 17 heavy (non-hydrogen) atoms. The summed E-state index contributed by atoms with van der Waals surface area (Å²) in [7, 11) is 0. The Morgan fingerprint density at radius 2 is 1.59 bits per heavy atom. The first-order valence-electron chi connectivity index (χ1n) is 4.76. The molecule has 0 bridgehead atoms. The second kappa shape index (κ2) is 5.19. The van der Waals surface area contributed by atoms with Crippen molar-refractivity contribution in [1.29, 1.82) is 0 Å². The number of carboxylic acid groups (broad SMARTS) is 2. The van der Waals surface area contributed by atoms with Crippen LogP contribution in [0.4, 0.5) is 5.95 Å². The molecule has 92 valence electrons. The SMILES string of the molecule is Cc1nnc(N(CC(=O)O)CC(=O)O)nc1C. The molecule has 2 N–H and O–H groups in total. The van der Waals surface area contributed by atoms with Crippen molar-refractivity contribution in [2.75, 3.05) is 18.0 Å². The molecule has 1 aromatic rings. The van der Waals surface area contributed by atoms with Crippen LogP contribution in [-0.4, -0.2) is 50.4 Å². The number of hydrogen-bond acceptors (Lipinski definition) is 6. The van der Waals surface area contributed by atoms with Crippen LogP contribution in [0, 0.1) is 13.8 Å². The molecular weight excluding hydrogens is 228 g/mol. The molecule has 0 aliphatic rings. The molecule has 0 saturated carbocycles. The van der Waals surface area contributed by atoms with Crippen molar-refractivity contribution in [3.8, 4) is 0 Å². The molecule has 0 unspecified atom stereocenters. The van der Waals surface area contributed by atoms with Crippen molar-refractivity contribution < 1.29 is 19.8 Å². The van der Waals surface area contributed by atoms with Crippen LogP contribution < -0.4 is 4.90 Å². The summed E-state index contributed by atoms with van der Waals surface area (Å²) in [5.74, 6) is -2.32. The molecule has 0 atom stereocenters. The molecule has 1 heterocycles. The van der Waals surface area contributed by atoms with Crippen LogP contribution in [0.25, 0.3) is 0 Å². The van der Waals surface area contributed by atoms with E-state index in [2.05, 4.69) is 15.2 Å². The highest BCUT2D eigenvalue weighted by molar-refractivity contribution is 5.78. The van der Waals surface area contributed by atoms with Gasteiger partial charge in [-0.15, -0.1) is 5.10 Å². The van der Waals surface area contributed by atoms with Crippen molar-refractivity contribution in [3.63, 3.8) is 0 Å². The van der Waals surface area contributed by atoms with E-state index in [1.54, 1.807) is 13.8 Å².